The van der Waals surface area contributed by atoms with Crippen LogP contribution in [0, 0.1) is 4.77 Å². The van der Waals surface area contributed by atoms with Gasteiger partial charge in [-0.25, -0.2) is 0 Å². The van der Waals surface area contributed by atoms with Gasteiger partial charge in [0.05, 0.1) is 6.54 Å². The van der Waals surface area contributed by atoms with Crippen molar-refractivity contribution in [3.8, 4) is 5.75 Å². The molecule has 5 heteroatoms. The molecule has 0 amide bonds. The molecule has 4 nitrogen and oxygen atoms in total. The lowest BCUT2D eigenvalue weighted by Gasteiger charge is -2.01. The van der Waals surface area contributed by atoms with E-state index >= 15 is 0 Å². The summed E-state index contributed by atoms with van der Waals surface area (Å²) in [6.07, 6.45) is 1.65. The highest BCUT2D eigenvalue weighted by Crippen LogP contribution is 2.10. The summed E-state index contributed by atoms with van der Waals surface area (Å²) in [4.78, 5) is 0. The summed E-state index contributed by atoms with van der Waals surface area (Å²) < 4.78 is 2.42. The first-order valence-corrected chi connectivity index (χ1v) is 4.54. The van der Waals surface area contributed by atoms with E-state index < -0.39 is 0 Å². The van der Waals surface area contributed by atoms with Gasteiger partial charge in [0.15, 0.2) is 4.77 Å². The third-order valence-corrected chi connectivity index (χ3v) is 2.23. The zero-order valence-electron chi connectivity index (χ0n) is 7.34. The zero-order chi connectivity index (χ0) is 9.97. The van der Waals surface area contributed by atoms with Crippen molar-refractivity contribution in [1.82, 2.24) is 14.8 Å². The normalized spacial score (nSPS) is 10.3. The second-order valence-corrected chi connectivity index (χ2v) is 3.34. The highest BCUT2D eigenvalue weighted by Gasteiger charge is 1.96. The number of hydrogen-bond donors (Lipinski definition) is 2. The van der Waals surface area contributed by atoms with Gasteiger partial charge in [0.1, 0.15) is 12.1 Å². The Bertz CT molecular complexity index is 471. The first-order valence-electron chi connectivity index (χ1n) is 4.13. The van der Waals surface area contributed by atoms with Gasteiger partial charge in [-0.05, 0) is 29.9 Å². The van der Waals surface area contributed by atoms with E-state index in [9.17, 15) is 0 Å². The lowest BCUT2D eigenvalue weighted by molar-refractivity contribution is 0.475. The fourth-order valence-electron chi connectivity index (χ4n) is 1.18. The fourth-order valence-corrected chi connectivity index (χ4v) is 1.35. The monoisotopic (exact) mass is 207 g/mol. The van der Waals surface area contributed by atoms with Gasteiger partial charge in [-0.3, -0.25) is 5.10 Å². The molecular weight excluding hydrogens is 198 g/mol. The molecular formula is C9H9N3OS. The van der Waals surface area contributed by atoms with E-state index in [1.807, 2.05) is 16.7 Å². The highest BCUT2D eigenvalue weighted by molar-refractivity contribution is 7.71. The Morgan fingerprint density at radius 3 is 2.64 bits per heavy atom. The predicted molar refractivity (Wildman–Crippen MR) is 54.6 cm³/mol. The molecule has 2 rings (SSSR count). The maximum atomic E-state index is 9.09. The molecule has 0 unspecified atom stereocenters. The molecule has 0 saturated heterocycles. The second kappa shape index (κ2) is 3.63. The number of aromatic nitrogens is 3. The van der Waals surface area contributed by atoms with Crippen LogP contribution in [0.15, 0.2) is 30.6 Å². The number of hydrogen-bond acceptors (Lipinski definition) is 3. The molecule has 14 heavy (non-hydrogen) atoms. The molecule has 2 N–H and O–H groups in total. The highest BCUT2D eigenvalue weighted by atomic mass is 32.1. The van der Waals surface area contributed by atoms with Crippen molar-refractivity contribution in [1.29, 1.82) is 0 Å². The van der Waals surface area contributed by atoms with Crippen LogP contribution in [0.5, 0.6) is 5.75 Å². The molecule has 1 heterocycles. The molecule has 0 aliphatic rings. The smallest absolute Gasteiger partial charge is 0.195 e. The number of rotatable bonds is 2. The van der Waals surface area contributed by atoms with E-state index in [1.165, 1.54) is 0 Å². The lowest BCUT2D eigenvalue weighted by Crippen LogP contribution is -1.97. The van der Waals surface area contributed by atoms with Crippen molar-refractivity contribution in [2.45, 2.75) is 6.54 Å². The average Bonchev–Trinajstić information content (AvgIpc) is 2.56. The van der Waals surface area contributed by atoms with Gasteiger partial charge in [0, 0.05) is 0 Å². The molecule has 72 valence electrons. The number of nitrogens with one attached hydrogen (secondary N) is 1. The van der Waals surface area contributed by atoms with Gasteiger partial charge in [-0.1, -0.05) is 12.1 Å². The summed E-state index contributed by atoms with van der Waals surface area (Å²) in [5.41, 5.74) is 1.07. The van der Waals surface area contributed by atoms with E-state index in [0.29, 0.717) is 11.3 Å². The largest absolute Gasteiger partial charge is 0.508 e. The number of aromatic amines is 1. The number of phenols is 1. The Labute approximate surface area is 85.8 Å². The lowest BCUT2D eigenvalue weighted by atomic mass is 10.2. The number of H-pyrrole nitrogens is 1. The van der Waals surface area contributed by atoms with Crippen molar-refractivity contribution in [2.75, 3.05) is 0 Å². The van der Waals surface area contributed by atoms with Gasteiger partial charge in [0.25, 0.3) is 0 Å². The van der Waals surface area contributed by atoms with Gasteiger partial charge in [-0.2, -0.15) is 5.10 Å². The van der Waals surface area contributed by atoms with Crippen molar-refractivity contribution in [3.63, 3.8) is 0 Å². The molecule has 0 aliphatic carbocycles. The summed E-state index contributed by atoms with van der Waals surface area (Å²) in [7, 11) is 0. The quantitative estimate of drug-likeness (QED) is 0.737. The van der Waals surface area contributed by atoms with Crippen LogP contribution in [0.4, 0.5) is 0 Å². The summed E-state index contributed by atoms with van der Waals surface area (Å²) in [6.45, 7) is 0.662. The molecule has 0 radical (unpaired) electrons. The van der Waals surface area contributed by atoms with Crippen LogP contribution in [0.25, 0.3) is 0 Å². The Morgan fingerprint density at radius 2 is 2.07 bits per heavy atom. The van der Waals surface area contributed by atoms with Gasteiger partial charge >= 0.3 is 0 Å². The molecule has 0 bridgehead atoms. The third kappa shape index (κ3) is 1.82. The first kappa shape index (κ1) is 8.96. The standard InChI is InChI=1S/C9H9N3OS/c13-8-3-1-7(2-4-8)5-12-6-10-11-9(12)14/h1-4,6,13H,5H2,(H,11,14). The van der Waals surface area contributed by atoms with Crippen LogP contribution in [-0.2, 0) is 6.54 Å². The van der Waals surface area contributed by atoms with E-state index in [4.69, 9.17) is 17.3 Å². The fraction of sp³-hybridized carbons (Fsp3) is 0.111. The van der Waals surface area contributed by atoms with Crippen LogP contribution < -0.4 is 0 Å². The van der Waals surface area contributed by atoms with Crippen LogP contribution in [-0.4, -0.2) is 19.9 Å². The van der Waals surface area contributed by atoms with Crippen molar-refractivity contribution in [2.24, 2.45) is 0 Å². The molecule has 1 aromatic carbocycles. The van der Waals surface area contributed by atoms with Crippen molar-refractivity contribution in [3.05, 3.63) is 40.9 Å². The van der Waals surface area contributed by atoms with Gasteiger partial charge in [0.2, 0.25) is 0 Å². The Balaban J connectivity index is 2.23. The summed E-state index contributed by atoms with van der Waals surface area (Å²) in [6, 6.07) is 7.01. The van der Waals surface area contributed by atoms with E-state index in [2.05, 4.69) is 10.2 Å². The van der Waals surface area contributed by atoms with Gasteiger partial charge < -0.3 is 9.67 Å². The summed E-state index contributed by atoms with van der Waals surface area (Å²) >= 11 is 5.01. The molecule has 0 atom stereocenters. The third-order valence-electron chi connectivity index (χ3n) is 1.91. The Morgan fingerprint density at radius 1 is 1.36 bits per heavy atom. The maximum absolute atomic E-state index is 9.09. The molecule has 2 aromatic rings. The number of aromatic hydroxyl groups is 1. The number of benzene rings is 1. The van der Waals surface area contributed by atoms with E-state index in [1.54, 1.807) is 18.5 Å². The zero-order valence-corrected chi connectivity index (χ0v) is 8.16. The number of phenolic OH excluding ortho intramolecular Hbond substituents is 1. The second-order valence-electron chi connectivity index (χ2n) is 2.96. The van der Waals surface area contributed by atoms with Crippen molar-refractivity contribution < 1.29 is 5.11 Å². The van der Waals surface area contributed by atoms with Gasteiger partial charge in [-0.15, -0.1) is 0 Å². The molecule has 0 aliphatic heterocycles. The molecule has 0 saturated carbocycles. The molecule has 1 aromatic heterocycles. The van der Waals surface area contributed by atoms with E-state index in [-0.39, 0.29) is 5.75 Å². The minimum absolute atomic E-state index is 0.268. The average molecular weight is 207 g/mol. The Kier molecular flexibility index (Phi) is 2.32. The SMILES string of the molecule is Oc1ccc(Cn2cn[nH]c2=S)cc1. The summed E-state index contributed by atoms with van der Waals surface area (Å²) in [5, 5.41) is 15.6. The molecule has 0 spiro atoms. The topological polar surface area (TPSA) is 53.8 Å². The van der Waals surface area contributed by atoms with Crippen LogP contribution in [0.2, 0.25) is 0 Å². The van der Waals surface area contributed by atoms with Crippen LogP contribution in [0.1, 0.15) is 5.56 Å². The molecule has 0 fully saturated rings. The van der Waals surface area contributed by atoms with Crippen molar-refractivity contribution >= 4 is 12.2 Å². The first-order chi connectivity index (χ1) is 6.75. The minimum atomic E-state index is 0.268. The Hall–Kier alpha value is -1.62. The van der Waals surface area contributed by atoms with Crippen LogP contribution >= 0.6 is 12.2 Å². The maximum Gasteiger partial charge on any atom is 0.195 e. The summed E-state index contributed by atoms with van der Waals surface area (Å²) in [5.74, 6) is 0.268. The van der Waals surface area contributed by atoms with E-state index in [0.717, 1.165) is 5.56 Å². The minimum Gasteiger partial charge on any atom is -0.508 e. The van der Waals surface area contributed by atoms with Crippen LogP contribution in [0.3, 0.4) is 0 Å². The predicted octanol–water partition coefficient (Wildman–Crippen LogP) is 1.69. The number of nitrogens with zero attached hydrogens (tertiary/aromatic N) is 2.